The summed E-state index contributed by atoms with van der Waals surface area (Å²) in [6, 6.07) is 14.0. The van der Waals surface area contributed by atoms with Crippen LogP contribution in [-0.4, -0.2) is 24.4 Å². The standard InChI is InChI=1S/C18H20N2O2S/c1-13(17-10-14-6-3-4-8-16(14)22-17)20(2)12-18(21)19-11-15-7-5-9-23-15/h3-10,13H,11-12H2,1-2H3,(H,19,21)/t13-/m0/s1. The Morgan fingerprint density at radius 1 is 1.30 bits per heavy atom. The third kappa shape index (κ3) is 3.81. The van der Waals surface area contributed by atoms with E-state index in [4.69, 9.17) is 4.42 Å². The lowest BCUT2D eigenvalue weighted by Gasteiger charge is -2.22. The molecule has 0 aliphatic rings. The molecule has 0 aliphatic carbocycles. The number of furan rings is 1. The normalized spacial score (nSPS) is 12.7. The van der Waals surface area contributed by atoms with Crippen molar-refractivity contribution in [3.05, 3.63) is 58.5 Å². The Labute approximate surface area is 139 Å². The quantitative estimate of drug-likeness (QED) is 0.748. The number of hydrogen-bond donors (Lipinski definition) is 1. The number of thiophene rings is 1. The molecule has 3 rings (SSSR count). The van der Waals surface area contributed by atoms with Gasteiger partial charge in [0.1, 0.15) is 11.3 Å². The van der Waals surface area contributed by atoms with Crippen LogP contribution in [0.25, 0.3) is 11.0 Å². The van der Waals surface area contributed by atoms with E-state index in [1.54, 1.807) is 11.3 Å². The number of carbonyl (C=O) groups excluding carboxylic acids is 1. The van der Waals surface area contributed by atoms with Crippen LogP contribution in [0, 0.1) is 0 Å². The van der Waals surface area contributed by atoms with E-state index in [1.165, 1.54) is 0 Å². The maximum Gasteiger partial charge on any atom is 0.234 e. The lowest BCUT2D eigenvalue weighted by molar-refractivity contribution is -0.122. The highest BCUT2D eigenvalue weighted by Gasteiger charge is 2.18. The van der Waals surface area contributed by atoms with Crippen molar-refractivity contribution in [2.24, 2.45) is 0 Å². The Bertz CT molecular complexity index is 746. The van der Waals surface area contributed by atoms with Crippen molar-refractivity contribution in [3.63, 3.8) is 0 Å². The van der Waals surface area contributed by atoms with Crippen molar-refractivity contribution in [3.8, 4) is 0 Å². The molecule has 0 spiro atoms. The van der Waals surface area contributed by atoms with Gasteiger partial charge in [0.2, 0.25) is 5.91 Å². The zero-order valence-electron chi connectivity index (χ0n) is 13.3. The number of nitrogens with zero attached hydrogens (tertiary/aromatic N) is 1. The van der Waals surface area contributed by atoms with Crippen LogP contribution in [0.15, 0.2) is 52.3 Å². The van der Waals surface area contributed by atoms with E-state index in [0.29, 0.717) is 13.1 Å². The van der Waals surface area contributed by atoms with Crippen LogP contribution < -0.4 is 5.32 Å². The molecular weight excluding hydrogens is 308 g/mol. The molecule has 0 bridgehead atoms. The van der Waals surface area contributed by atoms with Gasteiger partial charge in [-0.3, -0.25) is 9.69 Å². The highest BCUT2D eigenvalue weighted by atomic mass is 32.1. The number of benzene rings is 1. The minimum Gasteiger partial charge on any atom is -0.459 e. The van der Waals surface area contributed by atoms with E-state index in [1.807, 2.05) is 66.7 Å². The second-order valence-electron chi connectivity index (χ2n) is 5.63. The van der Waals surface area contributed by atoms with E-state index in [2.05, 4.69) is 5.32 Å². The molecule has 5 heteroatoms. The average Bonchev–Trinajstić information content (AvgIpc) is 3.21. The van der Waals surface area contributed by atoms with Gasteiger partial charge in [-0.05, 0) is 37.6 Å². The summed E-state index contributed by atoms with van der Waals surface area (Å²) >= 11 is 1.65. The Hall–Kier alpha value is -2.11. The number of fused-ring (bicyclic) bond motifs is 1. The molecular formula is C18H20N2O2S. The van der Waals surface area contributed by atoms with Crippen molar-refractivity contribution in [1.29, 1.82) is 0 Å². The smallest absolute Gasteiger partial charge is 0.234 e. The predicted octanol–water partition coefficient (Wildman–Crippen LogP) is 3.80. The number of likely N-dealkylation sites (N-methyl/N-ethyl adjacent to an activating group) is 1. The highest BCUT2D eigenvalue weighted by Crippen LogP contribution is 2.26. The number of amides is 1. The summed E-state index contributed by atoms with van der Waals surface area (Å²) in [4.78, 5) is 15.2. The molecule has 0 aliphatic heterocycles. The predicted molar refractivity (Wildman–Crippen MR) is 93.4 cm³/mol. The van der Waals surface area contributed by atoms with E-state index in [-0.39, 0.29) is 11.9 Å². The van der Waals surface area contributed by atoms with Crippen LogP contribution in [0.2, 0.25) is 0 Å². The first-order chi connectivity index (χ1) is 11.1. The summed E-state index contributed by atoms with van der Waals surface area (Å²) in [5.74, 6) is 0.892. The second kappa shape index (κ2) is 6.98. The van der Waals surface area contributed by atoms with Gasteiger partial charge in [-0.15, -0.1) is 11.3 Å². The fraction of sp³-hybridized carbons (Fsp3) is 0.278. The Morgan fingerprint density at radius 3 is 2.87 bits per heavy atom. The van der Waals surface area contributed by atoms with Crippen LogP contribution in [0.1, 0.15) is 23.6 Å². The molecule has 0 fully saturated rings. The summed E-state index contributed by atoms with van der Waals surface area (Å²) in [5.41, 5.74) is 0.880. The molecule has 120 valence electrons. The summed E-state index contributed by atoms with van der Waals surface area (Å²) in [6.07, 6.45) is 0. The van der Waals surface area contributed by atoms with Crippen LogP contribution in [0.3, 0.4) is 0 Å². The Balaban J connectivity index is 1.58. The molecule has 23 heavy (non-hydrogen) atoms. The van der Waals surface area contributed by atoms with Crippen molar-refractivity contribution in [2.45, 2.75) is 19.5 Å². The van der Waals surface area contributed by atoms with Crippen LogP contribution in [0.4, 0.5) is 0 Å². The molecule has 1 aromatic carbocycles. The molecule has 1 atom stereocenters. The molecule has 3 aromatic rings. The van der Waals surface area contributed by atoms with Gasteiger partial charge < -0.3 is 9.73 Å². The van der Waals surface area contributed by atoms with Gasteiger partial charge in [0.05, 0.1) is 19.1 Å². The highest BCUT2D eigenvalue weighted by molar-refractivity contribution is 7.09. The molecule has 0 radical (unpaired) electrons. The summed E-state index contributed by atoms with van der Waals surface area (Å²) in [6.45, 7) is 2.97. The average molecular weight is 328 g/mol. The third-order valence-corrected chi connectivity index (χ3v) is 4.83. The summed E-state index contributed by atoms with van der Waals surface area (Å²) in [5, 5.41) is 6.05. The molecule has 1 N–H and O–H groups in total. The van der Waals surface area contributed by atoms with Crippen LogP contribution >= 0.6 is 11.3 Å². The molecule has 2 heterocycles. The van der Waals surface area contributed by atoms with E-state index >= 15 is 0 Å². The largest absolute Gasteiger partial charge is 0.459 e. The van der Waals surface area contributed by atoms with Crippen LogP contribution in [0.5, 0.6) is 0 Å². The first-order valence-corrected chi connectivity index (χ1v) is 8.49. The van der Waals surface area contributed by atoms with Crippen molar-refractivity contribution < 1.29 is 9.21 Å². The first-order valence-electron chi connectivity index (χ1n) is 7.61. The van der Waals surface area contributed by atoms with Gasteiger partial charge in [0.15, 0.2) is 0 Å². The summed E-state index contributed by atoms with van der Waals surface area (Å²) in [7, 11) is 1.93. The van der Waals surface area contributed by atoms with Gasteiger partial charge in [-0.1, -0.05) is 24.3 Å². The van der Waals surface area contributed by atoms with Gasteiger partial charge in [0.25, 0.3) is 0 Å². The number of hydrogen-bond acceptors (Lipinski definition) is 4. The van der Waals surface area contributed by atoms with Crippen molar-refractivity contribution in [1.82, 2.24) is 10.2 Å². The van der Waals surface area contributed by atoms with Gasteiger partial charge in [-0.25, -0.2) is 0 Å². The Kier molecular flexibility index (Phi) is 4.79. The minimum atomic E-state index is 0.0175. The first kappa shape index (κ1) is 15.8. The zero-order chi connectivity index (χ0) is 16.2. The number of rotatable bonds is 6. The topological polar surface area (TPSA) is 45.5 Å². The number of nitrogens with one attached hydrogen (secondary N) is 1. The summed E-state index contributed by atoms with van der Waals surface area (Å²) < 4.78 is 5.88. The molecule has 0 saturated carbocycles. The Morgan fingerprint density at radius 2 is 2.13 bits per heavy atom. The molecule has 2 aromatic heterocycles. The third-order valence-electron chi connectivity index (χ3n) is 3.95. The maximum absolute atomic E-state index is 12.1. The molecule has 4 nitrogen and oxygen atoms in total. The van der Waals surface area contributed by atoms with E-state index in [0.717, 1.165) is 21.6 Å². The van der Waals surface area contributed by atoms with Gasteiger partial charge >= 0.3 is 0 Å². The monoisotopic (exact) mass is 328 g/mol. The number of para-hydroxylation sites is 1. The zero-order valence-corrected chi connectivity index (χ0v) is 14.1. The molecule has 0 saturated heterocycles. The van der Waals surface area contributed by atoms with Crippen LogP contribution in [-0.2, 0) is 11.3 Å². The van der Waals surface area contributed by atoms with Crippen molar-refractivity contribution >= 4 is 28.2 Å². The van der Waals surface area contributed by atoms with E-state index in [9.17, 15) is 4.79 Å². The van der Waals surface area contributed by atoms with Crippen molar-refractivity contribution in [2.75, 3.05) is 13.6 Å². The SMILES string of the molecule is C[C@@H](c1cc2ccccc2o1)N(C)CC(=O)NCc1cccs1. The van der Waals surface area contributed by atoms with Gasteiger partial charge in [-0.2, -0.15) is 0 Å². The molecule has 1 amide bonds. The fourth-order valence-corrected chi connectivity index (χ4v) is 3.09. The minimum absolute atomic E-state index is 0.0175. The molecule has 0 unspecified atom stereocenters. The fourth-order valence-electron chi connectivity index (χ4n) is 2.44. The number of carbonyl (C=O) groups is 1. The second-order valence-corrected chi connectivity index (χ2v) is 6.67. The maximum atomic E-state index is 12.1. The lowest BCUT2D eigenvalue weighted by Crippen LogP contribution is -2.35. The van der Waals surface area contributed by atoms with Gasteiger partial charge in [0, 0.05) is 10.3 Å². The van der Waals surface area contributed by atoms with E-state index < -0.39 is 0 Å². The lowest BCUT2D eigenvalue weighted by atomic mass is 10.2.